The maximum atomic E-state index is 6.00. The molecule has 2 rings (SSSR count). The maximum absolute atomic E-state index is 6.00. The fourth-order valence-electron chi connectivity index (χ4n) is 1.98. The second-order valence-corrected chi connectivity index (χ2v) is 6.22. The Morgan fingerprint density at radius 2 is 2.05 bits per heavy atom. The maximum Gasteiger partial charge on any atom is 0.182 e. The van der Waals surface area contributed by atoms with Gasteiger partial charge in [0.2, 0.25) is 0 Å². The first-order valence-corrected chi connectivity index (χ1v) is 7.19. The van der Waals surface area contributed by atoms with E-state index in [9.17, 15) is 0 Å². The molecular formula is C15H23N5O. The number of hydrogen-bond donors (Lipinski definition) is 1. The van der Waals surface area contributed by atoms with E-state index in [0.29, 0.717) is 18.0 Å². The summed E-state index contributed by atoms with van der Waals surface area (Å²) < 4.78 is 7.27. The average Bonchev–Trinajstić information content (AvgIpc) is 2.86. The van der Waals surface area contributed by atoms with Gasteiger partial charge in [0.15, 0.2) is 5.82 Å². The highest BCUT2D eigenvalue weighted by molar-refractivity contribution is 5.66. The van der Waals surface area contributed by atoms with Gasteiger partial charge in [-0.1, -0.05) is 20.8 Å². The Labute approximate surface area is 125 Å². The SMILES string of the molecule is CCOc1ccc(-c2nnnn2CCC(C)(C)C)cc1N. The number of aryl methyl sites for hydroxylation is 1. The minimum Gasteiger partial charge on any atom is -0.492 e. The van der Waals surface area contributed by atoms with Gasteiger partial charge in [0.25, 0.3) is 0 Å². The average molecular weight is 289 g/mol. The molecule has 2 aromatic rings. The molecule has 1 aromatic heterocycles. The summed E-state index contributed by atoms with van der Waals surface area (Å²) in [7, 11) is 0. The van der Waals surface area contributed by atoms with Crippen molar-refractivity contribution in [1.82, 2.24) is 20.2 Å². The molecule has 0 fully saturated rings. The highest BCUT2D eigenvalue weighted by atomic mass is 16.5. The van der Waals surface area contributed by atoms with Gasteiger partial charge in [0, 0.05) is 12.1 Å². The number of aromatic nitrogens is 4. The van der Waals surface area contributed by atoms with E-state index in [0.717, 1.165) is 24.4 Å². The molecule has 6 nitrogen and oxygen atoms in total. The molecule has 114 valence electrons. The predicted octanol–water partition coefficient (Wildman–Crippen LogP) is 2.76. The Morgan fingerprint density at radius 1 is 1.29 bits per heavy atom. The van der Waals surface area contributed by atoms with E-state index in [-0.39, 0.29) is 5.41 Å². The molecule has 21 heavy (non-hydrogen) atoms. The van der Waals surface area contributed by atoms with E-state index >= 15 is 0 Å². The lowest BCUT2D eigenvalue weighted by molar-refractivity contribution is 0.340. The van der Waals surface area contributed by atoms with Crippen LogP contribution in [0.5, 0.6) is 5.75 Å². The minimum atomic E-state index is 0.237. The second kappa shape index (κ2) is 6.11. The van der Waals surface area contributed by atoms with Crippen LogP contribution in [0.25, 0.3) is 11.4 Å². The molecule has 0 aliphatic carbocycles. The van der Waals surface area contributed by atoms with E-state index in [1.54, 1.807) is 0 Å². The third-order valence-corrected chi connectivity index (χ3v) is 3.17. The molecule has 0 bridgehead atoms. The van der Waals surface area contributed by atoms with Gasteiger partial charge in [-0.05, 0) is 47.4 Å². The zero-order chi connectivity index (χ0) is 15.5. The van der Waals surface area contributed by atoms with Crippen LogP contribution in [0.1, 0.15) is 34.1 Å². The van der Waals surface area contributed by atoms with Gasteiger partial charge in [0.05, 0.1) is 12.3 Å². The summed E-state index contributed by atoms with van der Waals surface area (Å²) in [5.74, 6) is 1.42. The van der Waals surface area contributed by atoms with Crippen LogP contribution in [0, 0.1) is 5.41 Å². The monoisotopic (exact) mass is 289 g/mol. The summed E-state index contributed by atoms with van der Waals surface area (Å²) in [5.41, 5.74) is 7.74. The number of nitrogens with two attached hydrogens (primary N) is 1. The quantitative estimate of drug-likeness (QED) is 0.856. The number of tetrazole rings is 1. The van der Waals surface area contributed by atoms with Gasteiger partial charge in [-0.3, -0.25) is 0 Å². The van der Waals surface area contributed by atoms with E-state index in [4.69, 9.17) is 10.5 Å². The van der Waals surface area contributed by atoms with Crippen LogP contribution in [-0.2, 0) is 6.54 Å². The first-order chi connectivity index (χ1) is 9.90. The summed E-state index contributed by atoms with van der Waals surface area (Å²) in [5, 5.41) is 12.0. The van der Waals surface area contributed by atoms with E-state index in [1.807, 2.05) is 29.8 Å². The highest BCUT2D eigenvalue weighted by Gasteiger charge is 2.15. The summed E-state index contributed by atoms with van der Waals surface area (Å²) in [6, 6.07) is 5.64. The molecule has 0 amide bonds. The van der Waals surface area contributed by atoms with Crippen molar-refractivity contribution in [3.8, 4) is 17.1 Å². The first kappa shape index (κ1) is 15.3. The molecule has 0 saturated heterocycles. The van der Waals surface area contributed by atoms with Gasteiger partial charge in [-0.25, -0.2) is 4.68 Å². The third-order valence-electron chi connectivity index (χ3n) is 3.17. The second-order valence-electron chi connectivity index (χ2n) is 6.22. The van der Waals surface area contributed by atoms with Crippen LogP contribution < -0.4 is 10.5 Å². The molecule has 1 heterocycles. The molecule has 0 saturated carbocycles. The zero-order valence-electron chi connectivity index (χ0n) is 13.1. The lowest BCUT2D eigenvalue weighted by Gasteiger charge is -2.17. The lowest BCUT2D eigenvalue weighted by atomic mass is 9.92. The van der Waals surface area contributed by atoms with Crippen molar-refractivity contribution < 1.29 is 4.74 Å². The number of benzene rings is 1. The zero-order valence-corrected chi connectivity index (χ0v) is 13.1. The van der Waals surface area contributed by atoms with Crippen LogP contribution in [0.4, 0.5) is 5.69 Å². The van der Waals surface area contributed by atoms with Gasteiger partial charge < -0.3 is 10.5 Å². The molecule has 0 aliphatic rings. The Balaban J connectivity index is 2.23. The molecule has 0 atom stereocenters. The summed E-state index contributed by atoms with van der Waals surface area (Å²) in [4.78, 5) is 0. The fourth-order valence-corrected chi connectivity index (χ4v) is 1.98. The molecule has 2 N–H and O–H groups in total. The standard InChI is InChI=1S/C15H23N5O/c1-5-21-13-7-6-11(10-12(13)16)14-17-18-19-20(14)9-8-15(2,3)4/h6-7,10H,5,8-9,16H2,1-4H3. The number of nitrogens with zero attached hydrogens (tertiary/aromatic N) is 4. The molecular weight excluding hydrogens is 266 g/mol. The smallest absolute Gasteiger partial charge is 0.182 e. The molecule has 1 aromatic carbocycles. The molecule has 0 unspecified atom stereocenters. The van der Waals surface area contributed by atoms with Crippen molar-refractivity contribution in [2.45, 2.75) is 40.7 Å². The summed E-state index contributed by atoms with van der Waals surface area (Å²) >= 11 is 0. The van der Waals surface area contributed by atoms with E-state index in [1.165, 1.54) is 0 Å². The van der Waals surface area contributed by atoms with E-state index < -0.39 is 0 Å². The van der Waals surface area contributed by atoms with Crippen LogP contribution in [0.15, 0.2) is 18.2 Å². The fraction of sp³-hybridized carbons (Fsp3) is 0.533. The Hall–Kier alpha value is -2.11. The number of anilines is 1. The number of rotatable bonds is 5. The van der Waals surface area contributed by atoms with Crippen molar-refractivity contribution in [2.75, 3.05) is 12.3 Å². The van der Waals surface area contributed by atoms with Crippen molar-refractivity contribution in [3.63, 3.8) is 0 Å². The number of nitrogen functional groups attached to an aromatic ring is 1. The minimum absolute atomic E-state index is 0.237. The summed E-state index contributed by atoms with van der Waals surface area (Å²) in [6.45, 7) is 9.90. The lowest BCUT2D eigenvalue weighted by Crippen LogP contribution is -2.12. The van der Waals surface area contributed by atoms with E-state index in [2.05, 4.69) is 36.3 Å². The molecule has 0 aliphatic heterocycles. The summed E-state index contributed by atoms with van der Waals surface area (Å²) in [6.07, 6.45) is 0.998. The van der Waals surface area contributed by atoms with Crippen LogP contribution in [0.2, 0.25) is 0 Å². The van der Waals surface area contributed by atoms with Gasteiger partial charge in [-0.2, -0.15) is 0 Å². The van der Waals surface area contributed by atoms with Gasteiger partial charge in [-0.15, -0.1) is 5.10 Å². The third kappa shape index (κ3) is 3.93. The van der Waals surface area contributed by atoms with Gasteiger partial charge >= 0.3 is 0 Å². The van der Waals surface area contributed by atoms with Crippen molar-refractivity contribution in [3.05, 3.63) is 18.2 Å². The van der Waals surface area contributed by atoms with Crippen LogP contribution in [0.3, 0.4) is 0 Å². The van der Waals surface area contributed by atoms with Crippen molar-refractivity contribution >= 4 is 5.69 Å². The van der Waals surface area contributed by atoms with Crippen LogP contribution >= 0.6 is 0 Å². The van der Waals surface area contributed by atoms with Crippen molar-refractivity contribution in [1.29, 1.82) is 0 Å². The number of hydrogen-bond acceptors (Lipinski definition) is 5. The van der Waals surface area contributed by atoms with Crippen molar-refractivity contribution in [2.24, 2.45) is 5.41 Å². The van der Waals surface area contributed by atoms with Crippen LogP contribution in [-0.4, -0.2) is 26.8 Å². The largest absolute Gasteiger partial charge is 0.492 e. The molecule has 0 radical (unpaired) electrons. The Morgan fingerprint density at radius 3 is 2.67 bits per heavy atom. The topological polar surface area (TPSA) is 78.9 Å². The normalized spacial score (nSPS) is 11.6. The first-order valence-electron chi connectivity index (χ1n) is 7.19. The Kier molecular flexibility index (Phi) is 4.45. The Bertz CT molecular complexity index is 600. The molecule has 0 spiro atoms. The predicted molar refractivity (Wildman–Crippen MR) is 82.9 cm³/mol. The van der Waals surface area contributed by atoms with Gasteiger partial charge in [0.1, 0.15) is 5.75 Å². The number of ether oxygens (including phenoxy) is 1. The highest BCUT2D eigenvalue weighted by Crippen LogP contribution is 2.28. The molecule has 6 heteroatoms.